The highest BCUT2D eigenvalue weighted by Crippen LogP contribution is 2.32. The Labute approximate surface area is 271 Å². The molecule has 2 aromatic rings. The van der Waals surface area contributed by atoms with Gasteiger partial charge in [0.05, 0.1) is 22.8 Å². The molecule has 0 heterocycles. The average molecular weight is 602 g/mol. The van der Waals surface area contributed by atoms with Crippen molar-refractivity contribution in [2.45, 2.75) is 68.1 Å². The topological polar surface area (TPSA) is 74.5 Å². The third-order valence-electron chi connectivity index (χ3n) is 7.63. The molecule has 5 heteroatoms. The normalized spacial score (nSPS) is 14.2. The van der Waals surface area contributed by atoms with Gasteiger partial charge in [-0.15, -0.1) is 0 Å². The Morgan fingerprint density at radius 2 is 1.51 bits per heavy atom. The fourth-order valence-electron chi connectivity index (χ4n) is 4.93. The van der Waals surface area contributed by atoms with Crippen molar-refractivity contribution in [1.29, 1.82) is 0 Å². The molecule has 0 amide bonds. The van der Waals surface area contributed by atoms with Crippen molar-refractivity contribution < 1.29 is 0 Å². The number of rotatable bonds is 14. The second-order valence-corrected chi connectivity index (χ2v) is 13.0. The molecule has 0 bridgehead atoms. The molecule has 0 radical (unpaired) electrons. The van der Waals surface area contributed by atoms with Crippen LogP contribution in [-0.2, 0) is 19.6 Å². The molecule has 0 unspecified atom stereocenters. The van der Waals surface area contributed by atoms with Crippen molar-refractivity contribution in [3.8, 4) is 0 Å². The van der Waals surface area contributed by atoms with Crippen LogP contribution in [0.4, 0.5) is 0 Å². The van der Waals surface area contributed by atoms with Crippen molar-refractivity contribution in [3.63, 3.8) is 0 Å². The van der Waals surface area contributed by atoms with Gasteiger partial charge in [0, 0.05) is 42.2 Å². The number of allylic oxidation sites excluding steroid dienone is 7. The molecule has 1 aliphatic carbocycles. The number of benzene rings is 2. The molecule has 5 N–H and O–H groups in total. The molecule has 2 aromatic carbocycles. The fourth-order valence-corrected chi connectivity index (χ4v) is 4.93. The standard InChI is InChI=1S/C40H51N5/c1-25(2)35-16-17-36(27(4)18-35)24-43-32(9)37(45-28(5)21-40(10,11)12)19-26(3)31(8)42-22-33-14-13-15-34(20-33)23-44-39-30(7)29(6)38(39)41/h13-21,42-44H,1,6-9,22-24,41H2,2-5,10-12H3/b26-19+,28-21+,45-37+. The van der Waals surface area contributed by atoms with E-state index in [1.807, 2.05) is 26.8 Å². The van der Waals surface area contributed by atoms with Gasteiger partial charge in [-0.25, -0.2) is 0 Å². The monoisotopic (exact) mass is 601 g/mol. The van der Waals surface area contributed by atoms with Crippen LogP contribution in [0.5, 0.6) is 0 Å². The second-order valence-electron chi connectivity index (χ2n) is 13.0. The first-order valence-electron chi connectivity index (χ1n) is 15.3. The Morgan fingerprint density at radius 1 is 0.867 bits per heavy atom. The van der Waals surface area contributed by atoms with Crippen LogP contribution in [0.15, 0.2) is 138 Å². The summed E-state index contributed by atoms with van der Waals surface area (Å²) >= 11 is 0. The molecular formula is C40H51N5. The Bertz CT molecular complexity index is 1650. The zero-order valence-electron chi connectivity index (χ0n) is 28.4. The van der Waals surface area contributed by atoms with Crippen LogP contribution in [-0.4, -0.2) is 5.71 Å². The molecule has 3 rings (SSSR count). The number of nitrogens with one attached hydrogen (secondary N) is 3. The average Bonchev–Trinajstić information content (AvgIpc) is 2.97. The lowest BCUT2D eigenvalue weighted by atomic mass is 9.90. The summed E-state index contributed by atoms with van der Waals surface area (Å²) in [7, 11) is 0. The van der Waals surface area contributed by atoms with E-state index in [1.54, 1.807) is 0 Å². The maximum absolute atomic E-state index is 6.04. The molecule has 0 aliphatic heterocycles. The van der Waals surface area contributed by atoms with Gasteiger partial charge in [0.2, 0.25) is 0 Å². The highest BCUT2D eigenvalue weighted by Gasteiger charge is 2.23. The third-order valence-corrected chi connectivity index (χ3v) is 7.63. The first-order chi connectivity index (χ1) is 21.1. The summed E-state index contributed by atoms with van der Waals surface area (Å²) in [5, 5.41) is 10.4. The Hall–Kier alpha value is -4.77. The number of nitrogens with zero attached hydrogens (tertiary/aromatic N) is 1. The minimum Gasteiger partial charge on any atom is -0.397 e. The number of hydrogen-bond acceptors (Lipinski definition) is 5. The summed E-state index contributed by atoms with van der Waals surface area (Å²) in [6.45, 7) is 37.3. The lowest BCUT2D eigenvalue weighted by Crippen LogP contribution is -2.28. The highest BCUT2D eigenvalue weighted by molar-refractivity contribution is 6.08. The molecule has 0 saturated heterocycles. The van der Waals surface area contributed by atoms with Crippen molar-refractivity contribution in [1.82, 2.24) is 16.0 Å². The van der Waals surface area contributed by atoms with E-state index in [-0.39, 0.29) is 5.41 Å². The summed E-state index contributed by atoms with van der Waals surface area (Å²) in [4.78, 5) is 4.98. The summed E-state index contributed by atoms with van der Waals surface area (Å²) < 4.78 is 0. The summed E-state index contributed by atoms with van der Waals surface area (Å²) in [5.41, 5.74) is 20.5. The van der Waals surface area contributed by atoms with Gasteiger partial charge < -0.3 is 21.7 Å². The van der Waals surface area contributed by atoms with Crippen LogP contribution in [0.25, 0.3) is 5.57 Å². The van der Waals surface area contributed by atoms with E-state index in [0.717, 1.165) is 67.5 Å². The van der Waals surface area contributed by atoms with Gasteiger partial charge in [0.25, 0.3) is 0 Å². The van der Waals surface area contributed by atoms with Gasteiger partial charge in [-0.2, -0.15) is 0 Å². The van der Waals surface area contributed by atoms with E-state index in [2.05, 4.69) is 125 Å². The largest absolute Gasteiger partial charge is 0.397 e. The van der Waals surface area contributed by atoms with Gasteiger partial charge in [-0.3, -0.25) is 4.99 Å². The molecule has 0 spiro atoms. The smallest absolute Gasteiger partial charge is 0.0861 e. The lowest BCUT2D eigenvalue weighted by molar-refractivity contribution is 0.539. The van der Waals surface area contributed by atoms with Gasteiger partial charge in [-0.05, 0) is 72.6 Å². The van der Waals surface area contributed by atoms with E-state index in [9.17, 15) is 0 Å². The maximum atomic E-state index is 6.04. The predicted molar refractivity (Wildman–Crippen MR) is 195 cm³/mol. The van der Waals surface area contributed by atoms with E-state index in [0.29, 0.717) is 25.3 Å². The van der Waals surface area contributed by atoms with Crippen molar-refractivity contribution in [2.24, 2.45) is 16.1 Å². The summed E-state index contributed by atoms with van der Waals surface area (Å²) in [6.07, 6.45) is 4.21. The van der Waals surface area contributed by atoms with E-state index in [4.69, 9.17) is 10.7 Å². The molecule has 45 heavy (non-hydrogen) atoms. The van der Waals surface area contributed by atoms with Gasteiger partial charge >= 0.3 is 0 Å². The van der Waals surface area contributed by atoms with Crippen LogP contribution in [0.2, 0.25) is 0 Å². The number of aliphatic imine (C=N–C) groups is 1. The zero-order valence-corrected chi connectivity index (χ0v) is 28.4. The summed E-state index contributed by atoms with van der Waals surface area (Å²) in [6, 6.07) is 14.9. The van der Waals surface area contributed by atoms with Crippen LogP contribution in [0, 0.1) is 12.3 Å². The van der Waals surface area contributed by atoms with Gasteiger partial charge in [0.1, 0.15) is 0 Å². The Kier molecular flexibility index (Phi) is 11.4. The Balaban J connectivity index is 1.71. The van der Waals surface area contributed by atoms with Crippen molar-refractivity contribution >= 4 is 11.3 Å². The lowest BCUT2D eigenvalue weighted by Gasteiger charge is -2.27. The molecule has 0 aromatic heterocycles. The van der Waals surface area contributed by atoms with E-state index >= 15 is 0 Å². The van der Waals surface area contributed by atoms with Crippen LogP contribution >= 0.6 is 0 Å². The minimum absolute atomic E-state index is 0.00750. The van der Waals surface area contributed by atoms with Crippen LogP contribution < -0.4 is 21.7 Å². The highest BCUT2D eigenvalue weighted by atomic mass is 14.9. The molecule has 0 saturated carbocycles. The molecule has 1 aliphatic rings. The SMILES string of the molecule is C=C1C(=C)C(NCc2cccc(CNC(=C)/C(C)=C/C(=N\C(C)=C\C(C)(C)C)C(=C)NCc3ccc(C(=C)C)cc3C)c2)=C1N. The molecule has 0 fully saturated rings. The number of aryl methyl sites for hydroxylation is 1. The second kappa shape index (κ2) is 14.8. The van der Waals surface area contributed by atoms with Crippen LogP contribution in [0.3, 0.4) is 0 Å². The quantitative estimate of drug-likeness (QED) is 0.129. The first-order valence-corrected chi connectivity index (χ1v) is 15.3. The van der Waals surface area contributed by atoms with Crippen molar-refractivity contribution in [2.75, 3.05) is 0 Å². The van der Waals surface area contributed by atoms with Gasteiger partial charge in [0.15, 0.2) is 0 Å². The Morgan fingerprint density at radius 3 is 2.11 bits per heavy atom. The first kappa shape index (κ1) is 34.7. The van der Waals surface area contributed by atoms with E-state index in [1.165, 1.54) is 11.1 Å². The molecule has 0 atom stereocenters. The van der Waals surface area contributed by atoms with Crippen LogP contribution in [0.1, 0.15) is 69.4 Å². The minimum atomic E-state index is 0.00750. The van der Waals surface area contributed by atoms with Crippen molar-refractivity contribution in [3.05, 3.63) is 161 Å². The third kappa shape index (κ3) is 9.87. The molecule has 5 nitrogen and oxygen atoms in total. The zero-order chi connectivity index (χ0) is 33.5. The maximum Gasteiger partial charge on any atom is 0.0861 e. The predicted octanol–water partition coefficient (Wildman–Crippen LogP) is 8.66. The number of nitrogens with two attached hydrogens (primary N) is 1. The molecular weight excluding hydrogens is 550 g/mol. The summed E-state index contributed by atoms with van der Waals surface area (Å²) in [5.74, 6) is 0. The molecule has 236 valence electrons. The van der Waals surface area contributed by atoms with E-state index < -0.39 is 0 Å². The fraction of sp³-hybridized carbons (Fsp3) is 0.275. The number of hydrogen-bond donors (Lipinski definition) is 4. The van der Waals surface area contributed by atoms with Gasteiger partial charge in [-0.1, -0.05) is 108 Å².